The average Bonchev–Trinajstić information content (AvgIpc) is 1.90. The second-order valence-electron chi connectivity index (χ2n) is 2.51. The van der Waals surface area contributed by atoms with Crippen LogP contribution in [0.4, 0.5) is 0 Å². The fourth-order valence-corrected chi connectivity index (χ4v) is 0.690. The summed E-state index contributed by atoms with van der Waals surface area (Å²) in [5.74, 6) is 0. The molecule has 10 heavy (non-hydrogen) atoms. The van der Waals surface area contributed by atoms with Gasteiger partial charge in [0.2, 0.25) is 0 Å². The molecule has 3 nitrogen and oxygen atoms in total. The Hall–Kier alpha value is -0.120. The summed E-state index contributed by atoms with van der Waals surface area (Å²) in [6, 6.07) is 0. The molecule has 0 amide bonds. The van der Waals surface area contributed by atoms with Crippen LogP contribution in [0.2, 0.25) is 0 Å². The van der Waals surface area contributed by atoms with Crippen molar-refractivity contribution >= 4 is 0 Å². The van der Waals surface area contributed by atoms with Gasteiger partial charge in [0.25, 0.3) is 0 Å². The van der Waals surface area contributed by atoms with Crippen molar-refractivity contribution in [2.45, 2.75) is 6.92 Å². The van der Waals surface area contributed by atoms with Crippen molar-refractivity contribution in [2.24, 2.45) is 0 Å². The van der Waals surface area contributed by atoms with E-state index in [2.05, 4.69) is 25.9 Å². The third kappa shape index (κ3) is 4.73. The molecule has 0 aliphatic rings. The Morgan fingerprint density at radius 3 is 2.10 bits per heavy atom. The molecular weight excluding hydrogens is 128 g/mol. The second-order valence-corrected chi connectivity index (χ2v) is 2.51. The van der Waals surface area contributed by atoms with Gasteiger partial charge in [-0.1, -0.05) is 6.92 Å². The minimum Gasteiger partial charge on any atom is -0.308 e. The number of nitrogens with zero attached hydrogens (tertiary/aromatic N) is 2. The van der Waals surface area contributed by atoms with Crippen LogP contribution < -0.4 is 0 Å². The van der Waals surface area contributed by atoms with Gasteiger partial charge in [-0.05, 0) is 14.1 Å². The van der Waals surface area contributed by atoms with Crippen molar-refractivity contribution < 1.29 is 4.84 Å². The van der Waals surface area contributed by atoms with E-state index in [9.17, 15) is 0 Å². The fraction of sp³-hybridized carbons (Fsp3) is 1.00. The third-order valence-corrected chi connectivity index (χ3v) is 1.41. The lowest BCUT2D eigenvalue weighted by molar-refractivity contribution is -0.128. The molecule has 0 aromatic heterocycles. The molecular formula is C7H18N2O. The van der Waals surface area contributed by atoms with Crippen LogP contribution >= 0.6 is 0 Å². The van der Waals surface area contributed by atoms with E-state index < -0.39 is 0 Å². The molecule has 0 saturated heterocycles. The van der Waals surface area contributed by atoms with Crippen molar-refractivity contribution in [3.05, 3.63) is 0 Å². The Labute approximate surface area is 63.5 Å². The highest BCUT2D eigenvalue weighted by Crippen LogP contribution is 1.86. The lowest BCUT2D eigenvalue weighted by atomic mass is 10.5. The Morgan fingerprint density at radius 2 is 1.80 bits per heavy atom. The molecule has 0 bridgehead atoms. The monoisotopic (exact) mass is 146 g/mol. The largest absolute Gasteiger partial charge is 0.308 e. The first-order valence-corrected chi connectivity index (χ1v) is 3.64. The van der Waals surface area contributed by atoms with Gasteiger partial charge in [-0.25, -0.2) is 0 Å². The summed E-state index contributed by atoms with van der Waals surface area (Å²) in [6.45, 7) is 5.05. The van der Waals surface area contributed by atoms with Crippen molar-refractivity contribution in [1.82, 2.24) is 9.96 Å². The van der Waals surface area contributed by atoms with Gasteiger partial charge in [-0.2, -0.15) is 5.06 Å². The maximum atomic E-state index is 5.06. The van der Waals surface area contributed by atoms with Gasteiger partial charge in [-0.15, -0.1) is 0 Å². The Kier molecular flexibility index (Phi) is 5.58. The summed E-state index contributed by atoms with van der Waals surface area (Å²) in [7, 11) is 5.83. The standard InChI is InChI=1S/C7H18N2O/c1-5-9(10-4)7-6-8(2)3/h5-7H2,1-4H3. The molecule has 0 aliphatic heterocycles. The molecule has 0 atom stereocenters. The van der Waals surface area contributed by atoms with E-state index in [0.29, 0.717) is 0 Å². The minimum atomic E-state index is 0.949. The van der Waals surface area contributed by atoms with Crippen molar-refractivity contribution in [3.63, 3.8) is 0 Å². The molecule has 3 heteroatoms. The van der Waals surface area contributed by atoms with E-state index in [-0.39, 0.29) is 0 Å². The Morgan fingerprint density at radius 1 is 1.20 bits per heavy atom. The fourth-order valence-electron chi connectivity index (χ4n) is 0.690. The smallest absolute Gasteiger partial charge is 0.0575 e. The molecule has 0 radical (unpaired) electrons. The molecule has 0 fully saturated rings. The van der Waals surface area contributed by atoms with Crippen molar-refractivity contribution in [1.29, 1.82) is 0 Å². The summed E-state index contributed by atoms with van der Waals surface area (Å²) in [5.41, 5.74) is 0. The molecule has 0 aromatic carbocycles. The minimum absolute atomic E-state index is 0.949. The first kappa shape index (κ1) is 9.88. The van der Waals surface area contributed by atoms with Gasteiger partial charge in [0.05, 0.1) is 7.11 Å². The summed E-state index contributed by atoms with van der Waals surface area (Å²) in [4.78, 5) is 7.20. The second kappa shape index (κ2) is 5.65. The molecule has 0 saturated carbocycles. The van der Waals surface area contributed by atoms with Gasteiger partial charge in [-0.3, -0.25) is 0 Å². The van der Waals surface area contributed by atoms with Gasteiger partial charge in [0.1, 0.15) is 0 Å². The summed E-state index contributed by atoms with van der Waals surface area (Å²) < 4.78 is 0. The zero-order valence-electron chi connectivity index (χ0n) is 7.42. The van der Waals surface area contributed by atoms with Crippen LogP contribution in [-0.2, 0) is 4.84 Å². The predicted molar refractivity (Wildman–Crippen MR) is 42.8 cm³/mol. The normalized spacial score (nSPS) is 11.4. The van der Waals surface area contributed by atoms with Crippen LogP contribution in [0.5, 0.6) is 0 Å². The topological polar surface area (TPSA) is 15.7 Å². The highest BCUT2D eigenvalue weighted by Gasteiger charge is 1.98. The van der Waals surface area contributed by atoms with Gasteiger partial charge in [0, 0.05) is 19.6 Å². The van der Waals surface area contributed by atoms with E-state index in [1.807, 2.05) is 5.06 Å². The molecule has 0 aliphatic carbocycles. The van der Waals surface area contributed by atoms with Gasteiger partial charge in [0.15, 0.2) is 0 Å². The molecule has 62 valence electrons. The van der Waals surface area contributed by atoms with Crippen LogP contribution in [0.15, 0.2) is 0 Å². The van der Waals surface area contributed by atoms with Crippen LogP contribution in [-0.4, -0.2) is 50.8 Å². The zero-order chi connectivity index (χ0) is 7.98. The molecule has 0 unspecified atom stereocenters. The lowest BCUT2D eigenvalue weighted by Gasteiger charge is -2.19. The lowest BCUT2D eigenvalue weighted by Crippen LogP contribution is -2.30. The van der Waals surface area contributed by atoms with Crippen molar-refractivity contribution in [2.75, 3.05) is 40.8 Å². The predicted octanol–water partition coefficient (Wildman–Crippen LogP) is 0.431. The highest BCUT2D eigenvalue weighted by molar-refractivity contribution is 4.46. The van der Waals surface area contributed by atoms with E-state index in [1.165, 1.54) is 0 Å². The van der Waals surface area contributed by atoms with Crippen LogP contribution in [0, 0.1) is 0 Å². The maximum absolute atomic E-state index is 5.06. The quantitative estimate of drug-likeness (QED) is 0.523. The molecule has 0 heterocycles. The van der Waals surface area contributed by atoms with Crippen LogP contribution in [0.1, 0.15) is 6.92 Å². The van der Waals surface area contributed by atoms with E-state index in [1.54, 1.807) is 7.11 Å². The Balaban J connectivity index is 3.26. The number of hydrogen-bond donors (Lipinski definition) is 0. The number of likely N-dealkylation sites (N-methyl/N-ethyl adjacent to an activating group) is 2. The average molecular weight is 146 g/mol. The van der Waals surface area contributed by atoms with E-state index >= 15 is 0 Å². The zero-order valence-corrected chi connectivity index (χ0v) is 7.42. The molecule has 0 aromatic rings. The van der Waals surface area contributed by atoms with Gasteiger partial charge < -0.3 is 9.74 Å². The molecule has 0 spiro atoms. The number of hydroxylamine groups is 2. The summed E-state index contributed by atoms with van der Waals surface area (Å²) in [5, 5.41) is 1.93. The summed E-state index contributed by atoms with van der Waals surface area (Å²) in [6.07, 6.45) is 0. The number of rotatable bonds is 5. The SMILES string of the molecule is CCN(CCN(C)C)OC. The summed E-state index contributed by atoms with van der Waals surface area (Å²) >= 11 is 0. The van der Waals surface area contributed by atoms with Crippen LogP contribution in [0.3, 0.4) is 0 Å². The highest BCUT2D eigenvalue weighted by atomic mass is 16.7. The molecule has 0 N–H and O–H groups in total. The van der Waals surface area contributed by atoms with E-state index in [0.717, 1.165) is 19.6 Å². The third-order valence-electron chi connectivity index (χ3n) is 1.41. The van der Waals surface area contributed by atoms with E-state index in [4.69, 9.17) is 4.84 Å². The first-order valence-electron chi connectivity index (χ1n) is 3.64. The van der Waals surface area contributed by atoms with Gasteiger partial charge >= 0.3 is 0 Å². The van der Waals surface area contributed by atoms with Crippen LogP contribution in [0.25, 0.3) is 0 Å². The molecule has 0 rings (SSSR count). The first-order chi connectivity index (χ1) is 4.70. The van der Waals surface area contributed by atoms with Crippen molar-refractivity contribution in [3.8, 4) is 0 Å². The maximum Gasteiger partial charge on any atom is 0.0575 e. The Bertz CT molecular complexity index is 72.0. The number of hydrogen-bond acceptors (Lipinski definition) is 3.